The Kier molecular flexibility index (Phi) is 6.64. The van der Waals surface area contributed by atoms with Crippen molar-refractivity contribution in [1.82, 2.24) is 10.1 Å². The average molecular weight is 362 g/mol. The predicted molar refractivity (Wildman–Crippen MR) is 95.8 cm³/mol. The van der Waals surface area contributed by atoms with E-state index in [0.29, 0.717) is 17.9 Å². The molecule has 25 heavy (non-hydrogen) atoms. The number of aromatic nitrogens is 1. The van der Waals surface area contributed by atoms with E-state index in [4.69, 9.17) is 9.63 Å². The number of carbonyl (C=O) groups is 2. The number of thioether (sulfide) groups is 1. The second kappa shape index (κ2) is 8.71. The minimum absolute atomic E-state index is 0.0615. The van der Waals surface area contributed by atoms with E-state index in [1.54, 1.807) is 22.7 Å². The van der Waals surface area contributed by atoms with Gasteiger partial charge in [0.25, 0.3) is 5.91 Å². The van der Waals surface area contributed by atoms with Crippen LogP contribution in [0.3, 0.4) is 0 Å². The smallest absolute Gasteiger partial charge is 0.305 e. The third kappa shape index (κ3) is 4.85. The zero-order valence-corrected chi connectivity index (χ0v) is 15.4. The SMILES string of the molecule is CCN(CCC(=O)O)C(=O)c1ccccc1SCc1c(C)noc1C. The number of aliphatic carboxylic acids is 1. The molecule has 1 aromatic heterocycles. The van der Waals surface area contributed by atoms with Gasteiger partial charge < -0.3 is 14.5 Å². The molecule has 0 saturated carbocycles. The van der Waals surface area contributed by atoms with Crippen LogP contribution in [0.2, 0.25) is 0 Å². The number of rotatable bonds is 8. The summed E-state index contributed by atoms with van der Waals surface area (Å²) in [5.41, 5.74) is 2.47. The van der Waals surface area contributed by atoms with Crippen LogP contribution in [0.5, 0.6) is 0 Å². The van der Waals surface area contributed by atoms with Crippen LogP contribution < -0.4 is 0 Å². The molecule has 0 radical (unpaired) electrons. The number of carboxylic acids is 1. The summed E-state index contributed by atoms with van der Waals surface area (Å²) >= 11 is 1.55. The molecule has 0 aliphatic heterocycles. The van der Waals surface area contributed by atoms with Crippen LogP contribution in [-0.2, 0) is 10.5 Å². The van der Waals surface area contributed by atoms with Crippen molar-refractivity contribution < 1.29 is 19.2 Å². The van der Waals surface area contributed by atoms with E-state index in [1.807, 2.05) is 39.0 Å². The summed E-state index contributed by atoms with van der Waals surface area (Å²) in [5, 5.41) is 12.8. The van der Waals surface area contributed by atoms with E-state index < -0.39 is 5.97 Å². The molecular weight excluding hydrogens is 340 g/mol. The van der Waals surface area contributed by atoms with Gasteiger partial charge in [-0.3, -0.25) is 9.59 Å². The van der Waals surface area contributed by atoms with E-state index in [0.717, 1.165) is 21.9 Å². The third-order valence-corrected chi connectivity index (χ3v) is 5.04. The fourth-order valence-electron chi connectivity index (χ4n) is 2.43. The van der Waals surface area contributed by atoms with Crippen LogP contribution in [0.25, 0.3) is 0 Å². The maximum atomic E-state index is 12.8. The number of hydrogen-bond donors (Lipinski definition) is 1. The van der Waals surface area contributed by atoms with E-state index in [-0.39, 0.29) is 18.9 Å². The van der Waals surface area contributed by atoms with Crippen LogP contribution in [0.15, 0.2) is 33.7 Å². The lowest BCUT2D eigenvalue weighted by Crippen LogP contribution is -2.33. The lowest BCUT2D eigenvalue weighted by atomic mass is 10.2. The molecule has 0 atom stereocenters. The highest BCUT2D eigenvalue weighted by atomic mass is 32.2. The van der Waals surface area contributed by atoms with Gasteiger partial charge in [-0.2, -0.15) is 0 Å². The first-order valence-corrected chi connectivity index (χ1v) is 9.07. The zero-order chi connectivity index (χ0) is 18.4. The van der Waals surface area contributed by atoms with Crippen LogP contribution in [0.4, 0.5) is 0 Å². The van der Waals surface area contributed by atoms with Gasteiger partial charge in [-0.05, 0) is 32.9 Å². The Bertz CT molecular complexity index is 738. The molecule has 0 aliphatic carbocycles. The molecule has 7 heteroatoms. The minimum Gasteiger partial charge on any atom is -0.481 e. The largest absolute Gasteiger partial charge is 0.481 e. The Labute approximate surface area is 151 Å². The highest BCUT2D eigenvalue weighted by molar-refractivity contribution is 7.98. The topological polar surface area (TPSA) is 83.6 Å². The van der Waals surface area contributed by atoms with Gasteiger partial charge in [0.2, 0.25) is 0 Å². The fourth-order valence-corrected chi connectivity index (χ4v) is 3.63. The molecule has 2 rings (SSSR count). The van der Waals surface area contributed by atoms with Crippen molar-refractivity contribution in [2.24, 2.45) is 0 Å². The number of carbonyl (C=O) groups excluding carboxylic acids is 1. The lowest BCUT2D eigenvalue weighted by Gasteiger charge is -2.21. The molecule has 0 fully saturated rings. The Morgan fingerprint density at radius 1 is 1.28 bits per heavy atom. The van der Waals surface area contributed by atoms with Crippen LogP contribution in [0, 0.1) is 13.8 Å². The highest BCUT2D eigenvalue weighted by Crippen LogP contribution is 2.29. The molecule has 2 aromatic rings. The van der Waals surface area contributed by atoms with Gasteiger partial charge in [-0.25, -0.2) is 0 Å². The maximum Gasteiger partial charge on any atom is 0.305 e. The van der Waals surface area contributed by atoms with E-state index in [1.165, 1.54) is 0 Å². The Morgan fingerprint density at radius 2 is 2.00 bits per heavy atom. The molecule has 1 amide bonds. The summed E-state index contributed by atoms with van der Waals surface area (Å²) in [6.07, 6.45) is -0.0615. The third-order valence-electron chi connectivity index (χ3n) is 3.94. The monoisotopic (exact) mass is 362 g/mol. The molecule has 0 bridgehead atoms. The molecule has 0 unspecified atom stereocenters. The molecule has 0 aliphatic rings. The second-order valence-corrected chi connectivity index (χ2v) is 6.63. The normalized spacial score (nSPS) is 10.7. The van der Waals surface area contributed by atoms with Crippen molar-refractivity contribution in [2.45, 2.75) is 37.8 Å². The Balaban J connectivity index is 2.16. The van der Waals surface area contributed by atoms with Crippen molar-refractivity contribution in [1.29, 1.82) is 0 Å². The summed E-state index contributed by atoms with van der Waals surface area (Å²) in [7, 11) is 0. The standard InChI is InChI=1S/C18H22N2O4S/c1-4-20(10-9-17(21)22)18(23)14-7-5-6-8-16(14)25-11-15-12(2)19-24-13(15)3/h5-8H,4,9-11H2,1-3H3,(H,21,22). The van der Waals surface area contributed by atoms with Gasteiger partial charge in [0.15, 0.2) is 0 Å². The highest BCUT2D eigenvalue weighted by Gasteiger charge is 2.19. The van der Waals surface area contributed by atoms with E-state index >= 15 is 0 Å². The molecule has 1 heterocycles. The van der Waals surface area contributed by atoms with Crippen molar-refractivity contribution in [3.8, 4) is 0 Å². The fraction of sp³-hybridized carbons (Fsp3) is 0.389. The molecular formula is C18H22N2O4S. The summed E-state index contributed by atoms with van der Waals surface area (Å²) in [6.45, 7) is 6.29. The second-order valence-electron chi connectivity index (χ2n) is 5.62. The lowest BCUT2D eigenvalue weighted by molar-refractivity contribution is -0.137. The number of carboxylic acid groups (broad SMARTS) is 1. The average Bonchev–Trinajstić information content (AvgIpc) is 2.91. The van der Waals surface area contributed by atoms with Crippen LogP contribution in [-0.4, -0.2) is 40.1 Å². The first kappa shape index (κ1) is 19.1. The van der Waals surface area contributed by atoms with Crippen molar-refractivity contribution in [3.05, 3.63) is 46.8 Å². The van der Waals surface area contributed by atoms with Gasteiger partial charge in [0.05, 0.1) is 17.7 Å². The van der Waals surface area contributed by atoms with E-state index in [9.17, 15) is 9.59 Å². The van der Waals surface area contributed by atoms with Gasteiger partial charge in [-0.15, -0.1) is 11.8 Å². The van der Waals surface area contributed by atoms with Crippen molar-refractivity contribution in [2.75, 3.05) is 13.1 Å². The van der Waals surface area contributed by atoms with Gasteiger partial charge in [0, 0.05) is 29.3 Å². The number of amides is 1. The summed E-state index contributed by atoms with van der Waals surface area (Å²) in [6, 6.07) is 7.39. The molecule has 134 valence electrons. The predicted octanol–water partition coefficient (Wildman–Crippen LogP) is 3.52. The zero-order valence-electron chi connectivity index (χ0n) is 14.6. The minimum atomic E-state index is -0.910. The van der Waals surface area contributed by atoms with Gasteiger partial charge >= 0.3 is 5.97 Å². The maximum absolute atomic E-state index is 12.8. The number of nitrogens with zero attached hydrogens (tertiary/aromatic N) is 2. The summed E-state index contributed by atoms with van der Waals surface area (Å²) < 4.78 is 5.18. The summed E-state index contributed by atoms with van der Waals surface area (Å²) in [5.74, 6) is 0.385. The Hall–Kier alpha value is -2.28. The first-order chi connectivity index (χ1) is 11.9. The summed E-state index contributed by atoms with van der Waals surface area (Å²) in [4.78, 5) is 26.0. The van der Waals surface area contributed by atoms with Crippen molar-refractivity contribution in [3.63, 3.8) is 0 Å². The van der Waals surface area contributed by atoms with Crippen LogP contribution >= 0.6 is 11.8 Å². The number of aryl methyl sites for hydroxylation is 2. The molecule has 1 N–H and O–H groups in total. The quantitative estimate of drug-likeness (QED) is 0.723. The molecule has 1 aromatic carbocycles. The molecule has 0 spiro atoms. The van der Waals surface area contributed by atoms with Crippen molar-refractivity contribution >= 4 is 23.6 Å². The Morgan fingerprint density at radius 3 is 2.60 bits per heavy atom. The van der Waals surface area contributed by atoms with Gasteiger partial charge in [-0.1, -0.05) is 17.3 Å². The number of hydrogen-bond acceptors (Lipinski definition) is 5. The molecule has 6 nitrogen and oxygen atoms in total. The van der Waals surface area contributed by atoms with Gasteiger partial charge in [0.1, 0.15) is 5.76 Å². The number of benzene rings is 1. The molecule has 0 saturated heterocycles. The van der Waals surface area contributed by atoms with E-state index in [2.05, 4.69) is 5.16 Å². The first-order valence-electron chi connectivity index (χ1n) is 8.08. The van der Waals surface area contributed by atoms with Crippen LogP contribution in [0.1, 0.15) is 40.7 Å².